The van der Waals surface area contributed by atoms with E-state index in [-0.39, 0.29) is 10.8 Å². The molecule has 1 aromatic carbocycles. The lowest BCUT2D eigenvalue weighted by Gasteiger charge is -2.32. The Labute approximate surface area is 121 Å². The van der Waals surface area contributed by atoms with E-state index < -0.39 is 0 Å². The fraction of sp³-hybridized carbons (Fsp3) is 0.588. The fourth-order valence-electron chi connectivity index (χ4n) is 2.17. The molecular formula is C17H25NS. The molecule has 2 rings (SSSR count). The molecule has 0 N–H and O–H groups in total. The number of fused-ring (bicyclic) bond motifs is 1. The number of para-hydroxylation sites is 1. The Bertz CT molecular complexity index is 489. The molecule has 19 heavy (non-hydrogen) atoms. The maximum absolute atomic E-state index is 4.97. The van der Waals surface area contributed by atoms with E-state index in [4.69, 9.17) is 4.99 Å². The average Bonchev–Trinajstić information content (AvgIpc) is 2.46. The van der Waals surface area contributed by atoms with Gasteiger partial charge in [0.15, 0.2) is 0 Å². The molecule has 1 aromatic rings. The summed E-state index contributed by atoms with van der Waals surface area (Å²) in [5.41, 5.74) is 2.89. The van der Waals surface area contributed by atoms with Crippen LogP contribution in [0.4, 0.5) is 5.69 Å². The number of rotatable bonds is 0. The predicted molar refractivity (Wildman–Crippen MR) is 86.7 cm³/mol. The van der Waals surface area contributed by atoms with Gasteiger partial charge in [0.25, 0.3) is 0 Å². The minimum Gasteiger partial charge on any atom is -0.256 e. The van der Waals surface area contributed by atoms with Crippen LogP contribution in [0.2, 0.25) is 0 Å². The minimum absolute atomic E-state index is 0.140. The summed E-state index contributed by atoms with van der Waals surface area (Å²) in [6.45, 7) is 13.8. The van der Waals surface area contributed by atoms with Crippen LogP contribution in [0, 0.1) is 10.8 Å². The summed E-state index contributed by atoms with van der Waals surface area (Å²) in [4.78, 5) is 6.29. The summed E-state index contributed by atoms with van der Waals surface area (Å²) >= 11 is 1.99. The molecule has 1 atom stereocenters. The molecule has 1 unspecified atom stereocenters. The van der Waals surface area contributed by atoms with Crippen molar-refractivity contribution in [2.45, 2.75) is 58.1 Å². The highest BCUT2D eigenvalue weighted by Gasteiger charge is 2.33. The molecule has 2 heteroatoms. The zero-order valence-corrected chi connectivity index (χ0v) is 13.8. The van der Waals surface area contributed by atoms with Crippen molar-refractivity contribution in [3.63, 3.8) is 0 Å². The van der Waals surface area contributed by atoms with Crippen molar-refractivity contribution in [1.29, 1.82) is 0 Å². The largest absolute Gasteiger partial charge is 0.256 e. The molecule has 0 saturated carbocycles. The Hall–Kier alpha value is -0.760. The van der Waals surface area contributed by atoms with E-state index in [1.54, 1.807) is 0 Å². The minimum atomic E-state index is 0.140. The van der Waals surface area contributed by atoms with Gasteiger partial charge in [-0.15, -0.1) is 11.8 Å². The molecule has 0 aromatic heterocycles. The first-order valence-corrected chi connectivity index (χ1v) is 7.89. The first-order chi connectivity index (χ1) is 8.68. The van der Waals surface area contributed by atoms with E-state index in [9.17, 15) is 0 Å². The number of hydrogen-bond acceptors (Lipinski definition) is 2. The Morgan fingerprint density at radius 3 is 2.26 bits per heavy atom. The molecule has 1 nitrogen and oxygen atoms in total. The molecule has 1 aliphatic heterocycles. The van der Waals surface area contributed by atoms with Crippen molar-refractivity contribution in [3.8, 4) is 0 Å². The number of nitrogens with zero attached hydrogens (tertiary/aromatic N) is 1. The third-order valence-electron chi connectivity index (χ3n) is 3.60. The summed E-state index contributed by atoms with van der Waals surface area (Å²) in [5, 5.41) is 0.578. The highest BCUT2D eigenvalue weighted by molar-refractivity contribution is 8.00. The Morgan fingerprint density at radius 2 is 1.68 bits per heavy atom. The zero-order chi connectivity index (χ0) is 14.3. The van der Waals surface area contributed by atoms with Gasteiger partial charge >= 0.3 is 0 Å². The topological polar surface area (TPSA) is 12.4 Å². The molecule has 0 saturated heterocycles. The van der Waals surface area contributed by atoms with Crippen LogP contribution in [0.15, 0.2) is 34.2 Å². The van der Waals surface area contributed by atoms with Crippen LogP contribution in [-0.4, -0.2) is 11.0 Å². The maximum atomic E-state index is 4.97. The van der Waals surface area contributed by atoms with Crippen LogP contribution in [0.25, 0.3) is 0 Å². The van der Waals surface area contributed by atoms with Crippen LogP contribution < -0.4 is 0 Å². The lowest BCUT2D eigenvalue weighted by molar-refractivity contribution is 0.394. The van der Waals surface area contributed by atoms with Crippen molar-refractivity contribution in [1.82, 2.24) is 0 Å². The van der Waals surface area contributed by atoms with Crippen molar-refractivity contribution in [2.75, 3.05) is 0 Å². The van der Waals surface area contributed by atoms with Crippen LogP contribution >= 0.6 is 11.8 Å². The molecule has 0 amide bonds. The molecule has 0 fully saturated rings. The van der Waals surface area contributed by atoms with E-state index in [2.05, 4.69) is 65.8 Å². The van der Waals surface area contributed by atoms with Crippen molar-refractivity contribution < 1.29 is 0 Å². The van der Waals surface area contributed by atoms with Gasteiger partial charge in [-0.2, -0.15) is 0 Å². The second-order valence-corrected chi connectivity index (χ2v) is 8.70. The third kappa shape index (κ3) is 3.42. The van der Waals surface area contributed by atoms with Crippen molar-refractivity contribution in [3.05, 3.63) is 24.3 Å². The van der Waals surface area contributed by atoms with E-state index in [0.29, 0.717) is 5.25 Å². The summed E-state index contributed by atoms with van der Waals surface area (Å²) in [6.07, 6.45) is 1.08. The van der Waals surface area contributed by atoms with Gasteiger partial charge in [-0.05, 0) is 24.0 Å². The Morgan fingerprint density at radius 1 is 1.05 bits per heavy atom. The van der Waals surface area contributed by atoms with Gasteiger partial charge in [0.05, 0.1) is 5.69 Å². The molecule has 1 aliphatic rings. The molecule has 0 aliphatic carbocycles. The second kappa shape index (κ2) is 4.97. The molecule has 0 radical (unpaired) electrons. The monoisotopic (exact) mass is 275 g/mol. The quantitative estimate of drug-likeness (QED) is 0.590. The summed E-state index contributed by atoms with van der Waals surface area (Å²) < 4.78 is 0. The normalized spacial score (nSPS) is 20.5. The highest BCUT2D eigenvalue weighted by Crippen LogP contribution is 2.45. The number of benzene rings is 1. The second-order valence-electron chi connectivity index (χ2n) is 7.45. The number of hydrogen-bond donors (Lipinski definition) is 0. The van der Waals surface area contributed by atoms with Crippen LogP contribution in [0.5, 0.6) is 0 Å². The van der Waals surface area contributed by atoms with Gasteiger partial charge in [0.1, 0.15) is 0 Å². The number of aliphatic imine (C=N–C) groups is 1. The third-order valence-corrected chi connectivity index (χ3v) is 5.36. The van der Waals surface area contributed by atoms with Crippen molar-refractivity contribution in [2.24, 2.45) is 15.8 Å². The summed E-state index contributed by atoms with van der Waals surface area (Å²) in [5.74, 6) is 0. The highest BCUT2D eigenvalue weighted by atomic mass is 32.2. The molecule has 1 heterocycles. The Kier molecular flexibility index (Phi) is 3.83. The van der Waals surface area contributed by atoms with Crippen LogP contribution in [-0.2, 0) is 0 Å². The smallest absolute Gasteiger partial charge is 0.0765 e. The van der Waals surface area contributed by atoms with Gasteiger partial charge in [0, 0.05) is 21.3 Å². The standard InChI is InChI=1S/C17H25NS/c1-16(2,3)14-11-15(17(4,5)6)19-13-10-8-7-9-12(13)18-14/h7-10,15H,11H2,1-6H3. The van der Waals surface area contributed by atoms with E-state index >= 15 is 0 Å². The lowest BCUT2D eigenvalue weighted by Crippen LogP contribution is -2.30. The number of thioether (sulfide) groups is 1. The van der Waals surface area contributed by atoms with Gasteiger partial charge in [-0.1, -0.05) is 53.7 Å². The van der Waals surface area contributed by atoms with E-state index in [0.717, 1.165) is 12.1 Å². The van der Waals surface area contributed by atoms with Gasteiger partial charge in [-0.3, -0.25) is 4.99 Å². The maximum Gasteiger partial charge on any atom is 0.0765 e. The van der Waals surface area contributed by atoms with Gasteiger partial charge < -0.3 is 0 Å². The summed E-state index contributed by atoms with van der Waals surface area (Å²) in [6, 6.07) is 8.54. The fourth-order valence-corrected chi connectivity index (χ4v) is 3.46. The van der Waals surface area contributed by atoms with Crippen molar-refractivity contribution >= 4 is 23.2 Å². The van der Waals surface area contributed by atoms with Gasteiger partial charge in [0.2, 0.25) is 0 Å². The molecule has 104 valence electrons. The van der Waals surface area contributed by atoms with E-state index in [1.165, 1.54) is 10.6 Å². The Balaban J connectivity index is 2.49. The molecule has 0 spiro atoms. The zero-order valence-electron chi connectivity index (χ0n) is 12.9. The van der Waals surface area contributed by atoms with Gasteiger partial charge in [-0.25, -0.2) is 0 Å². The summed E-state index contributed by atoms with van der Waals surface area (Å²) in [7, 11) is 0. The molecule has 0 bridgehead atoms. The predicted octanol–water partition coefficient (Wildman–Crippen LogP) is 5.72. The first-order valence-electron chi connectivity index (χ1n) is 7.01. The lowest BCUT2D eigenvalue weighted by atomic mass is 9.81. The molecular weight excluding hydrogens is 250 g/mol. The average molecular weight is 275 g/mol. The van der Waals surface area contributed by atoms with Crippen LogP contribution in [0.3, 0.4) is 0 Å². The van der Waals surface area contributed by atoms with Crippen LogP contribution in [0.1, 0.15) is 48.0 Å². The SMILES string of the molecule is CC(C)(C)C1=Nc2ccccc2SC(C(C)(C)C)C1. The van der Waals surface area contributed by atoms with E-state index in [1.807, 2.05) is 11.8 Å². The first kappa shape index (κ1) is 14.6.